The van der Waals surface area contributed by atoms with Crippen molar-refractivity contribution < 1.29 is 4.79 Å². The van der Waals surface area contributed by atoms with Gasteiger partial charge in [-0.1, -0.05) is 13.8 Å². The highest BCUT2D eigenvalue weighted by molar-refractivity contribution is 6.00. The van der Waals surface area contributed by atoms with Crippen molar-refractivity contribution in [1.82, 2.24) is 14.9 Å². The molecule has 1 saturated heterocycles. The number of aromatic nitrogens is 2. The van der Waals surface area contributed by atoms with E-state index in [1.165, 1.54) is 19.3 Å². The lowest BCUT2D eigenvalue weighted by molar-refractivity contribution is 0.0849. The van der Waals surface area contributed by atoms with Crippen LogP contribution in [0, 0.1) is 11.8 Å². The van der Waals surface area contributed by atoms with Crippen molar-refractivity contribution in [2.24, 2.45) is 11.8 Å². The normalized spacial score (nSPS) is 25.8. The van der Waals surface area contributed by atoms with E-state index < -0.39 is 0 Å². The molecular formula is C19H25N3O. The van der Waals surface area contributed by atoms with Crippen LogP contribution in [0.4, 0.5) is 0 Å². The Balaban J connectivity index is 1.50. The first-order valence-electron chi connectivity index (χ1n) is 8.83. The van der Waals surface area contributed by atoms with Crippen LogP contribution in [-0.4, -0.2) is 40.3 Å². The van der Waals surface area contributed by atoms with Gasteiger partial charge in [0.1, 0.15) is 5.82 Å². The lowest BCUT2D eigenvalue weighted by Gasteiger charge is -2.34. The van der Waals surface area contributed by atoms with Crippen LogP contribution in [0.3, 0.4) is 0 Å². The number of fused-ring (bicyclic) bond motifs is 1. The molecule has 4 rings (SSSR count). The first-order valence-corrected chi connectivity index (χ1v) is 8.83. The molecule has 1 aromatic carbocycles. The number of H-pyrrole nitrogens is 1. The maximum absolute atomic E-state index is 12.6. The molecule has 4 heteroatoms. The largest absolute Gasteiger partial charge is 0.342 e. The quantitative estimate of drug-likeness (QED) is 0.878. The average Bonchev–Trinajstić information content (AvgIpc) is 3.25. The molecule has 1 saturated carbocycles. The Hall–Kier alpha value is -1.68. The minimum Gasteiger partial charge on any atom is -0.342 e. The second-order valence-electron chi connectivity index (χ2n) is 7.69. The van der Waals surface area contributed by atoms with Gasteiger partial charge < -0.3 is 4.98 Å². The van der Waals surface area contributed by atoms with Crippen LogP contribution < -0.4 is 0 Å². The Morgan fingerprint density at radius 2 is 2.00 bits per heavy atom. The molecular weight excluding hydrogens is 286 g/mol. The number of hydrogen-bond acceptors (Lipinski definition) is 3. The predicted molar refractivity (Wildman–Crippen MR) is 91.8 cm³/mol. The van der Waals surface area contributed by atoms with Gasteiger partial charge in [0.05, 0.1) is 17.6 Å². The summed E-state index contributed by atoms with van der Waals surface area (Å²) < 4.78 is 0. The summed E-state index contributed by atoms with van der Waals surface area (Å²) in [4.78, 5) is 23.0. The van der Waals surface area contributed by atoms with Gasteiger partial charge in [-0.05, 0) is 49.3 Å². The van der Waals surface area contributed by atoms with E-state index in [1.54, 1.807) is 0 Å². The summed E-state index contributed by atoms with van der Waals surface area (Å²) in [5, 5.41) is 0. The van der Waals surface area contributed by atoms with Gasteiger partial charge in [0.15, 0.2) is 5.78 Å². The van der Waals surface area contributed by atoms with Crippen LogP contribution in [0.5, 0.6) is 0 Å². The number of nitrogens with zero attached hydrogens (tertiary/aromatic N) is 2. The Morgan fingerprint density at radius 3 is 2.70 bits per heavy atom. The molecule has 1 N–H and O–H groups in total. The number of rotatable bonds is 4. The molecule has 2 heterocycles. The fraction of sp³-hybridized carbons (Fsp3) is 0.579. The molecule has 2 unspecified atom stereocenters. The zero-order chi connectivity index (χ0) is 16.0. The summed E-state index contributed by atoms with van der Waals surface area (Å²) in [5.74, 6) is 3.28. The summed E-state index contributed by atoms with van der Waals surface area (Å²) in [7, 11) is 0. The van der Waals surface area contributed by atoms with Crippen LogP contribution in [-0.2, 0) is 0 Å². The molecule has 0 radical (unpaired) electrons. The first-order chi connectivity index (χ1) is 11.1. The second kappa shape index (κ2) is 5.75. The van der Waals surface area contributed by atoms with Crippen LogP contribution in [0.15, 0.2) is 18.2 Å². The maximum Gasteiger partial charge on any atom is 0.176 e. The van der Waals surface area contributed by atoms with Crippen molar-refractivity contribution >= 4 is 16.8 Å². The Bertz CT molecular complexity index is 721. The minimum atomic E-state index is 0.218. The summed E-state index contributed by atoms with van der Waals surface area (Å²) in [6.45, 7) is 7.17. The topological polar surface area (TPSA) is 49.0 Å². The van der Waals surface area contributed by atoms with Crippen molar-refractivity contribution in [2.45, 2.75) is 39.0 Å². The number of benzene rings is 1. The lowest BCUT2D eigenvalue weighted by atomic mass is 9.91. The standard InChI is InChI=1S/C19H25N3O/c1-12-7-13(2)10-22(9-12)11-18(23)15-5-6-16-17(8-15)21-19(20-16)14-3-4-14/h5-6,8,12-14H,3-4,7,9-11H2,1-2H3,(H,20,21). The number of imidazole rings is 1. The minimum absolute atomic E-state index is 0.218. The zero-order valence-electron chi connectivity index (χ0n) is 14.0. The molecule has 0 amide bonds. The highest BCUT2D eigenvalue weighted by Gasteiger charge is 2.27. The number of hydrogen-bond donors (Lipinski definition) is 1. The van der Waals surface area contributed by atoms with Crippen molar-refractivity contribution in [2.75, 3.05) is 19.6 Å². The number of likely N-dealkylation sites (tertiary alicyclic amines) is 1. The monoisotopic (exact) mass is 311 g/mol. The lowest BCUT2D eigenvalue weighted by Crippen LogP contribution is -2.41. The molecule has 2 aromatic rings. The third-order valence-corrected chi connectivity index (χ3v) is 5.10. The van der Waals surface area contributed by atoms with E-state index in [0.717, 1.165) is 35.5 Å². The van der Waals surface area contributed by atoms with Gasteiger partial charge >= 0.3 is 0 Å². The van der Waals surface area contributed by atoms with Crippen molar-refractivity contribution in [3.63, 3.8) is 0 Å². The number of ketones is 1. The number of nitrogens with one attached hydrogen (secondary N) is 1. The smallest absolute Gasteiger partial charge is 0.176 e. The van der Waals surface area contributed by atoms with Gasteiger partial charge in [0.25, 0.3) is 0 Å². The third-order valence-electron chi connectivity index (χ3n) is 5.10. The molecule has 2 atom stereocenters. The highest BCUT2D eigenvalue weighted by Crippen LogP contribution is 2.39. The van der Waals surface area contributed by atoms with Gasteiger partial charge in [-0.2, -0.15) is 0 Å². The van der Waals surface area contributed by atoms with Crippen LogP contribution in [0.1, 0.15) is 55.2 Å². The van der Waals surface area contributed by atoms with Gasteiger partial charge in [-0.25, -0.2) is 4.98 Å². The van der Waals surface area contributed by atoms with Gasteiger partial charge in [-0.15, -0.1) is 0 Å². The van der Waals surface area contributed by atoms with Gasteiger partial charge in [-0.3, -0.25) is 9.69 Å². The molecule has 122 valence electrons. The Morgan fingerprint density at radius 1 is 1.26 bits per heavy atom. The number of Topliss-reactive ketones (excluding diaryl/α,β-unsaturated/α-hetero) is 1. The highest BCUT2D eigenvalue weighted by atomic mass is 16.1. The maximum atomic E-state index is 12.6. The van der Waals surface area contributed by atoms with Crippen LogP contribution in [0.2, 0.25) is 0 Å². The van der Waals surface area contributed by atoms with Crippen LogP contribution >= 0.6 is 0 Å². The van der Waals surface area contributed by atoms with E-state index >= 15 is 0 Å². The Labute approximate surface area is 137 Å². The van der Waals surface area contributed by atoms with E-state index in [2.05, 4.69) is 28.7 Å². The number of aromatic amines is 1. The van der Waals surface area contributed by atoms with E-state index in [-0.39, 0.29) is 5.78 Å². The van der Waals surface area contributed by atoms with E-state index in [9.17, 15) is 4.79 Å². The Kier molecular flexibility index (Phi) is 3.72. The fourth-order valence-corrected chi connectivity index (χ4v) is 3.97. The third kappa shape index (κ3) is 3.18. The molecule has 2 aliphatic rings. The summed E-state index contributed by atoms with van der Waals surface area (Å²) in [6.07, 6.45) is 3.74. The van der Waals surface area contributed by atoms with Gasteiger partial charge in [0.2, 0.25) is 0 Å². The molecule has 1 aromatic heterocycles. The average molecular weight is 311 g/mol. The van der Waals surface area contributed by atoms with E-state index in [1.807, 2.05) is 18.2 Å². The van der Waals surface area contributed by atoms with E-state index in [4.69, 9.17) is 0 Å². The number of piperidine rings is 1. The zero-order valence-corrected chi connectivity index (χ0v) is 14.0. The predicted octanol–water partition coefficient (Wildman–Crippen LogP) is 3.60. The van der Waals surface area contributed by atoms with E-state index in [0.29, 0.717) is 24.3 Å². The summed E-state index contributed by atoms with van der Waals surface area (Å²) in [5.41, 5.74) is 2.77. The van der Waals surface area contributed by atoms with Gasteiger partial charge in [0, 0.05) is 24.6 Å². The number of carbonyl (C=O) groups is 1. The SMILES string of the molecule is CC1CC(C)CN(CC(=O)c2ccc3nc(C4CC4)[nH]c3c2)C1. The van der Waals surface area contributed by atoms with Crippen molar-refractivity contribution in [3.05, 3.63) is 29.6 Å². The van der Waals surface area contributed by atoms with Crippen molar-refractivity contribution in [1.29, 1.82) is 0 Å². The molecule has 0 spiro atoms. The summed E-state index contributed by atoms with van der Waals surface area (Å²) in [6, 6.07) is 5.89. The fourth-order valence-electron chi connectivity index (χ4n) is 3.97. The molecule has 0 bridgehead atoms. The molecule has 2 fully saturated rings. The first kappa shape index (κ1) is 14.9. The molecule has 1 aliphatic carbocycles. The second-order valence-corrected chi connectivity index (χ2v) is 7.69. The molecule has 4 nitrogen and oxygen atoms in total. The van der Waals surface area contributed by atoms with Crippen molar-refractivity contribution in [3.8, 4) is 0 Å². The molecule has 23 heavy (non-hydrogen) atoms. The summed E-state index contributed by atoms with van der Waals surface area (Å²) >= 11 is 0. The molecule has 1 aliphatic heterocycles. The number of carbonyl (C=O) groups excluding carboxylic acids is 1. The van der Waals surface area contributed by atoms with Crippen LogP contribution in [0.25, 0.3) is 11.0 Å².